The van der Waals surface area contributed by atoms with Crippen molar-refractivity contribution < 1.29 is 5.11 Å². The van der Waals surface area contributed by atoms with Crippen LogP contribution in [0.3, 0.4) is 0 Å². The van der Waals surface area contributed by atoms with Gasteiger partial charge < -0.3 is 10.0 Å². The van der Waals surface area contributed by atoms with Crippen LogP contribution < -0.4 is 0 Å². The lowest BCUT2D eigenvalue weighted by atomic mass is 9.86. The molecule has 0 spiro atoms. The highest BCUT2D eigenvalue weighted by Crippen LogP contribution is 2.35. The second-order valence-electron chi connectivity index (χ2n) is 7.41. The van der Waals surface area contributed by atoms with E-state index in [0.717, 1.165) is 11.5 Å². The van der Waals surface area contributed by atoms with Crippen LogP contribution >= 0.6 is 0 Å². The second kappa shape index (κ2) is 5.87. The van der Waals surface area contributed by atoms with E-state index < -0.39 is 6.10 Å². The Morgan fingerprint density at radius 1 is 1.20 bits per heavy atom. The van der Waals surface area contributed by atoms with Crippen LogP contribution in [0.2, 0.25) is 0 Å². The van der Waals surface area contributed by atoms with Gasteiger partial charge in [-0.2, -0.15) is 0 Å². The summed E-state index contributed by atoms with van der Waals surface area (Å²) in [6.45, 7) is 9.62. The lowest BCUT2D eigenvalue weighted by Crippen LogP contribution is -2.34. The Hall–Kier alpha value is -0.860. The molecule has 1 aliphatic carbocycles. The lowest BCUT2D eigenvalue weighted by Gasteiger charge is -2.27. The van der Waals surface area contributed by atoms with E-state index in [1.165, 1.54) is 18.4 Å². The zero-order valence-electron chi connectivity index (χ0n) is 13.6. The van der Waals surface area contributed by atoms with Crippen molar-refractivity contribution in [2.45, 2.75) is 58.1 Å². The third-order valence-electron chi connectivity index (χ3n) is 4.62. The maximum atomic E-state index is 10.4. The zero-order valence-corrected chi connectivity index (χ0v) is 13.6. The van der Waals surface area contributed by atoms with Gasteiger partial charge in [0.25, 0.3) is 0 Å². The summed E-state index contributed by atoms with van der Waals surface area (Å²) < 4.78 is 0. The summed E-state index contributed by atoms with van der Waals surface area (Å²) in [6, 6.07) is 9.01. The largest absolute Gasteiger partial charge is 0.387 e. The minimum atomic E-state index is -0.393. The fraction of sp³-hybridized carbons (Fsp3) is 0.667. The summed E-state index contributed by atoms with van der Waals surface area (Å²) >= 11 is 0. The molecule has 0 bridgehead atoms. The van der Waals surface area contributed by atoms with Gasteiger partial charge in [-0.3, -0.25) is 0 Å². The standard InChI is InChI=1S/C18H29NO/c1-13(14-6-7-14)19(5)12-17(20)15-8-10-16(11-9-15)18(2,3)4/h8-11,13-14,17,20H,6-7,12H2,1-5H3. The maximum Gasteiger partial charge on any atom is 0.0916 e. The molecule has 1 aromatic rings. The average Bonchev–Trinajstić information content (AvgIpc) is 3.21. The van der Waals surface area contributed by atoms with E-state index in [2.05, 4.69) is 63.9 Å². The number of hydrogen-bond acceptors (Lipinski definition) is 2. The van der Waals surface area contributed by atoms with Crippen molar-refractivity contribution in [3.8, 4) is 0 Å². The molecule has 2 rings (SSSR count). The summed E-state index contributed by atoms with van der Waals surface area (Å²) in [7, 11) is 2.12. The number of benzene rings is 1. The van der Waals surface area contributed by atoms with Gasteiger partial charge >= 0.3 is 0 Å². The molecular formula is C18H29NO. The van der Waals surface area contributed by atoms with Crippen LogP contribution in [-0.2, 0) is 5.41 Å². The van der Waals surface area contributed by atoms with Crippen molar-refractivity contribution in [2.24, 2.45) is 5.92 Å². The van der Waals surface area contributed by atoms with E-state index in [0.29, 0.717) is 12.6 Å². The van der Waals surface area contributed by atoms with E-state index in [-0.39, 0.29) is 5.41 Å². The molecule has 2 unspecified atom stereocenters. The lowest BCUT2D eigenvalue weighted by molar-refractivity contribution is 0.103. The molecule has 2 heteroatoms. The Kier molecular flexibility index (Phi) is 4.55. The number of rotatable bonds is 5. The fourth-order valence-electron chi connectivity index (χ4n) is 2.69. The van der Waals surface area contributed by atoms with Gasteiger partial charge in [-0.25, -0.2) is 0 Å². The first-order chi connectivity index (χ1) is 9.29. The highest BCUT2D eigenvalue weighted by atomic mass is 16.3. The molecule has 1 saturated carbocycles. The first-order valence-electron chi connectivity index (χ1n) is 7.78. The summed E-state index contributed by atoms with van der Waals surface area (Å²) in [5, 5.41) is 10.4. The predicted octanol–water partition coefficient (Wildman–Crippen LogP) is 3.75. The van der Waals surface area contributed by atoms with Crippen LogP contribution in [0.5, 0.6) is 0 Å². The molecule has 2 nitrogen and oxygen atoms in total. The monoisotopic (exact) mass is 275 g/mol. The number of aliphatic hydroxyl groups is 1. The van der Waals surface area contributed by atoms with Gasteiger partial charge in [0, 0.05) is 12.6 Å². The predicted molar refractivity (Wildman–Crippen MR) is 84.9 cm³/mol. The average molecular weight is 275 g/mol. The Morgan fingerprint density at radius 3 is 2.20 bits per heavy atom. The minimum Gasteiger partial charge on any atom is -0.387 e. The molecule has 1 N–H and O–H groups in total. The highest BCUT2D eigenvalue weighted by Gasteiger charge is 2.31. The summed E-state index contributed by atoms with van der Waals surface area (Å²) in [5.41, 5.74) is 2.50. The van der Waals surface area contributed by atoms with Crippen molar-refractivity contribution in [2.75, 3.05) is 13.6 Å². The van der Waals surface area contributed by atoms with E-state index in [1.54, 1.807) is 0 Å². The van der Waals surface area contributed by atoms with Gasteiger partial charge in [0.1, 0.15) is 0 Å². The topological polar surface area (TPSA) is 23.5 Å². The first kappa shape index (κ1) is 15.5. The highest BCUT2D eigenvalue weighted by molar-refractivity contribution is 5.28. The number of aliphatic hydroxyl groups excluding tert-OH is 1. The fourth-order valence-corrected chi connectivity index (χ4v) is 2.69. The number of hydrogen-bond donors (Lipinski definition) is 1. The van der Waals surface area contributed by atoms with Gasteiger partial charge in [-0.15, -0.1) is 0 Å². The van der Waals surface area contributed by atoms with Crippen molar-refractivity contribution in [3.63, 3.8) is 0 Å². The van der Waals surface area contributed by atoms with Gasteiger partial charge in [0.15, 0.2) is 0 Å². The second-order valence-corrected chi connectivity index (χ2v) is 7.41. The quantitative estimate of drug-likeness (QED) is 0.884. The molecule has 0 amide bonds. The van der Waals surface area contributed by atoms with Gasteiger partial charge in [-0.05, 0) is 49.3 Å². The van der Waals surface area contributed by atoms with E-state index in [1.807, 2.05) is 0 Å². The van der Waals surface area contributed by atoms with Crippen molar-refractivity contribution in [3.05, 3.63) is 35.4 Å². The van der Waals surface area contributed by atoms with Crippen molar-refractivity contribution in [1.29, 1.82) is 0 Å². The Labute approximate surface area is 123 Å². The van der Waals surface area contributed by atoms with Crippen molar-refractivity contribution in [1.82, 2.24) is 4.90 Å². The minimum absolute atomic E-state index is 0.167. The molecule has 1 aliphatic rings. The third kappa shape index (κ3) is 3.83. The zero-order chi connectivity index (χ0) is 14.9. The molecule has 1 fully saturated rings. The van der Waals surface area contributed by atoms with Crippen LogP contribution in [-0.4, -0.2) is 29.6 Å². The number of likely N-dealkylation sites (N-methyl/N-ethyl adjacent to an activating group) is 1. The van der Waals surface area contributed by atoms with E-state index in [4.69, 9.17) is 0 Å². The van der Waals surface area contributed by atoms with Crippen molar-refractivity contribution >= 4 is 0 Å². The molecule has 20 heavy (non-hydrogen) atoms. The molecule has 0 aliphatic heterocycles. The van der Waals surface area contributed by atoms with Crippen LogP contribution in [0, 0.1) is 5.92 Å². The summed E-state index contributed by atoms with van der Waals surface area (Å²) in [4.78, 5) is 2.29. The Balaban J connectivity index is 1.96. The molecule has 1 aromatic carbocycles. The third-order valence-corrected chi connectivity index (χ3v) is 4.62. The smallest absolute Gasteiger partial charge is 0.0916 e. The Bertz CT molecular complexity index is 428. The molecule has 0 heterocycles. The van der Waals surface area contributed by atoms with Crippen LogP contribution in [0.15, 0.2) is 24.3 Å². The summed E-state index contributed by atoms with van der Waals surface area (Å²) in [5.74, 6) is 0.843. The molecule has 0 aromatic heterocycles. The molecule has 112 valence electrons. The van der Waals surface area contributed by atoms with Gasteiger partial charge in [0.05, 0.1) is 6.10 Å². The van der Waals surface area contributed by atoms with Crippen LogP contribution in [0.25, 0.3) is 0 Å². The normalized spacial score (nSPS) is 19.1. The molecule has 2 atom stereocenters. The number of nitrogens with zero attached hydrogens (tertiary/aromatic N) is 1. The molecular weight excluding hydrogens is 246 g/mol. The SMILES string of the molecule is CC(C1CC1)N(C)CC(O)c1ccc(C(C)(C)C)cc1. The van der Waals surface area contributed by atoms with Crippen LogP contribution in [0.1, 0.15) is 57.8 Å². The Morgan fingerprint density at radius 2 is 1.75 bits per heavy atom. The first-order valence-corrected chi connectivity index (χ1v) is 7.78. The van der Waals surface area contributed by atoms with E-state index in [9.17, 15) is 5.11 Å². The maximum absolute atomic E-state index is 10.4. The van der Waals surface area contributed by atoms with Gasteiger partial charge in [0.2, 0.25) is 0 Å². The molecule has 0 saturated heterocycles. The molecule has 0 radical (unpaired) electrons. The van der Waals surface area contributed by atoms with Gasteiger partial charge in [-0.1, -0.05) is 45.0 Å². The summed E-state index contributed by atoms with van der Waals surface area (Å²) in [6.07, 6.45) is 2.30. The van der Waals surface area contributed by atoms with Crippen LogP contribution in [0.4, 0.5) is 0 Å². The van der Waals surface area contributed by atoms with E-state index >= 15 is 0 Å².